The molecule has 1 rings (SSSR count). The molecule has 0 spiro atoms. The molecule has 1 N–H and O–H groups in total. The van der Waals surface area contributed by atoms with Crippen molar-refractivity contribution in [1.82, 2.24) is 15.1 Å². The van der Waals surface area contributed by atoms with Crippen LogP contribution in [-0.2, 0) is 4.79 Å². The highest BCUT2D eigenvalue weighted by Crippen LogP contribution is 2.29. The maximum absolute atomic E-state index is 12.5. The lowest BCUT2D eigenvalue weighted by Gasteiger charge is -2.38. The van der Waals surface area contributed by atoms with Crippen molar-refractivity contribution >= 4 is 5.91 Å². The molecule has 120 valence electrons. The Hall–Kier alpha value is -1.12. The van der Waals surface area contributed by atoms with Gasteiger partial charge in [0.15, 0.2) is 0 Å². The number of hydrogen-bond donors (Lipinski definition) is 1. The lowest BCUT2D eigenvalue weighted by molar-refractivity contribution is -0.129. The van der Waals surface area contributed by atoms with Gasteiger partial charge in [0.2, 0.25) is 5.91 Å². The molecule has 1 amide bonds. The van der Waals surface area contributed by atoms with E-state index in [9.17, 15) is 10.1 Å². The molecule has 5 nitrogen and oxygen atoms in total. The van der Waals surface area contributed by atoms with Gasteiger partial charge < -0.3 is 10.2 Å². The summed E-state index contributed by atoms with van der Waals surface area (Å²) in [7, 11) is 4.20. The third-order valence-corrected chi connectivity index (χ3v) is 4.48. The number of rotatable bonds is 7. The molecule has 1 saturated heterocycles. The monoisotopic (exact) mass is 294 g/mol. The van der Waals surface area contributed by atoms with E-state index in [0.29, 0.717) is 25.4 Å². The topological polar surface area (TPSA) is 59.4 Å². The van der Waals surface area contributed by atoms with E-state index in [4.69, 9.17) is 0 Å². The van der Waals surface area contributed by atoms with Gasteiger partial charge in [-0.3, -0.25) is 9.69 Å². The molecule has 21 heavy (non-hydrogen) atoms. The third kappa shape index (κ3) is 4.69. The highest BCUT2D eigenvalue weighted by molar-refractivity contribution is 5.85. The molecule has 0 saturated carbocycles. The lowest BCUT2D eigenvalue weighted by Crippen LogP contribution is -2.55. The fourth-order valence-electron chi connectivity index (χ4n) is 3.07. The summed E-state index contributed by atoms with van der Waals surface area (Å²) in [5.41, 5.74) is -0.845. The van der Waals surface area contributed by atoms with E-state index in [0.717, 1.165) is 32.5 Å². The van der Waals surface area contributed by atoms with Crippen molar-refractivity contribution in [3.63, 3.8) is 0 Å². The summed E-state index contributed by atoms with van der Waals surface area (Å²) in [5.74, 6) is -0.0877. The van der Waals surface area contributed by atoms with E-state index < -0.39 is 5.41 Å². The number of carbonyl (C=O) groups excluding carboxylic acids is 1. The average Bonchev–Trinajstić information content (AvgIpc) is 2.47. The first-order chi connectivity index (χ1) is 9.99. The molecule has 0 aromatic carbocycles. The highest BCUT2D eigenvalue weighted by Gasteiger charge is 2.37. The van der Waals surface area contributed by atoms with Gasteiger partial charge >= 0.3 is 0 Å². The molecular weight excluding hydrogens is 264 g/mol. The van der Waals surface area contributed by atoms with Crippen molar-refractivity contribution in [3.05, 3.63) is 0 Å². The van der Waals surface area contributed by atoms with Crippen molar-refractivity contribution in [2.24, 2.45) is 5.41 Å². The fourth-order valence-corrected chi connectivity index (χ4v) is 3.07. The van der Waals surface area contributed by atoms with Gasteiger partial charge in [-0.05, 0) is 26.9 Å². The normalized spacial score (nSPS) is 21.0. The maximum atomic E-state index is 12.5. The fraction of sp³-hybridized carbons (Fsp3) is 0.875. The molecule has 5 heteroatoms. The van der Waals surface area contributed by atoms with Crippen LogP contribution in [0.2, 0.25) is 0 Å². The van der Waals surface area contributed by atoms with Gasteiger partial charge in [-0.15, -0.1) is 0 Å². The molecule has 1 heterocycles. The maximum Gasteiger partial charge on any atom is 0.240 e. The molecule has 0 bridgehead atoms. The lowest BCUT2D eigenvalue weighted by atomic mass is 9.79. The molecule has 0 radical (unpaired) electrons. The smallest absolute Gasteiger partial charge is 0.240 e. The minimum atomic E-state index is -0.845. The van der Waals surface area contributed by atoms with Crippen LogP contribution in [-0.4, -0.2) is 62.0 Å². The second kappa shape index (κ2) is 8.35. The van der Waals surface area contributed by atoms with Crippen LogP contribution in [0.5, 0.6) is 0 Å². The number of likely N-dealkylation sites (N-methyl/N-ethyl adjacent to an activating group) is 2. The summed E-state index contributed by atoms with van der Waals surface area (Å²) in [6, 6.07) is 2.62. The second-order valence-corrected chi connectivity index (χ2v) is 6.30. The van der Waals surface area contributed by atoms with Crippen molar-refractivity contribution in [3.8, 4) is 6.07 Å². The largest absolute Gasteiger partial charge is 0.353 e. The predicted octanol–water partition coefficient (Wildman–Crippen LogP) is 1.46. The van der Waals surface area contributed by atoms with Crippen LogP contribution < -0.4 is 5.32 Å². The zero-order valence-electron chi connectivity index (χ0n) is 14.0. The quantitative estimate of drug-likeness (QED) is 0.772. The number of nitriles is 1. The predicted molar refractivity (Wildman–Crippen MR) is 84.8 cm³/mol. The van der Waals surface area contributed by atoms with Gasteiger partial charge in [0, 0.05) is 32.2 Å². The van der Waals surface area contributed by atoms with Gasteiger partial charge in [-0.25, -0.2) is 0 Å². The van der Waals surface area contributed by atoms with E-state index >= 15 is 0 Å². The van der Waals surface area contributed by atoms with E-state index in [1.165, 1.54) is 0 Å². The molecule has 0 aromatic heterocycles. The third-order valence-electron chi connectivity index (χ3n) is 4.48. The standard InChI is InChI=1S/C16H30N4O/c1-5-7-16(13-17,8-6-2)15(21)18-11-14-12-19(3)9-10-20(14)4/h14H,5-12H2,1-4H3,(H,18,21). The summed E-state index contributed by atoms with van der Waals surface area (Å²) in [5, 5.41) is 12.5. The minimum Gasteiger partial charge on any atom is -0.353 e. The first kappa shape index (κ1) is 17.9. The minimum absolute atomic E-state index is 0.0877. The van der Waals surface area contributed by atoms with Crippen LogP contribution in [0, 0.1) is 16.7 Å². The zero-order chi connectivity index (χ0) is 15.9. The zero-order valence-corrected chi connectivity index (χ0v) is 14.0. The van der Waals surface area contributed by atoms with Crippen molar-refractivity contribution in [2.45, 2.75) is 45.6 Å². The Morgan fingerprint density at radius 3 is 2.43 bits per heavy atom. The van der Waals surface area contributed by atoms with Gasteiger partial charge in [0.1, 0.15) is 5.41 Å². The van der Waals surface area contributed by atoms with Gasteiger partial charge in [-0.1, -0.05) is 26.7 Å². The number of nitrogens with zero attached hydrogens (tertiary/aromatic N) is 3. The summed E-state index contributed by atoms with van der Waals surface area (Å²) in [6.45, 7) is 7.71. The summed E-state index contributed by atoms with van der Waals surface area (Å²) < 4.78 is 0. The molecule has 1 aliphatic heterocycles. The molecule has 1 unspecified atom stereocenters. The first-order valence-corrected chi connectivity index (χ1v) is 8.07. The Kier molecular flexibility index (Phi) is 7.13. The van der Waals surface area contributed by atoms with Gasteiger partial charge in [0.05, 0.1) is 6.07 Å². The number of amides is 1. The first-order valence-electron chi connectivity index (χ1n) is 8.07. The van der Waals surface area contributed by atoms with E-state index in [1.807, 2.05) is 13.8 Å². The van der Waals surface area contributed by atoms with Crippen LogP contribution in [0.25, 0.3) is 0 Å². The Morgan fingerprint density at radius 2 is 1.90 bits per heavy atom. The summed E-state index contributed by atoms with van der Waals surface area (Å²) in [4.78, 5) is 17.1. The molecule has 1 atom stereocenters. The number of hydrogen-bond acceptors (Lipinski definition) is 4. The van der Waals surface area contributed by atoms with Crippen molar-refractivity contribution < 1.29 is 4.79 Å². The van der Waals surface area contributed by atoms with Gasteiger partial charge in [-0.2, -0.15) is 5.26 Å². The second-order valence-electron chi connectivity index (χ2n) is 6.30. The van der Waals surface area contributed by atoms with Crippen LogP contribution >= 0.6 is 0 Å². The Bertz CT molecular complexity index is 371. The Morgan fingerprint density at radius 1 is 1.29 bits per heavy atom. The molecule has 0 aliphatic carbocycles. The average molecular weight is 294 g/mol. The van der Waals surface area contributed by atoms with Gasteiger partial charge in [0.25, 0.3) is 0 Å². The van der Waals surface area contributed by atoms with E-state index in [-0.39, 0.29) is 5.91 Å². The Balaban J connectivity index is 2.63. The SMILES string of the molecule is CCCC(C#N)(CCC)C(=O)NCC1CN(C)CCN1C. The summed E-state index contributed by atoms with van der Waals surface area (Å²) >= 11 is 0. The number of piperazine rings is 1. The van der Waals surface area contributed by atoms with Crippen molar-refractivity contribution in [1.29, 1.82) is 5.26 Å². The molecule has 0 aromatic rings. The Labute approximate surface area is 129 Å². The highest BCUT2D eigenvalue weighted by atomic mass is 16.2. The van der Waals surface area contributed by atoms with Crippen LogP contribution in [0.3, 0.4) is 0 Å². The van der Waals surface area contributed by atoms with E-state index in [2.05, 4.69) is 35.3 Å². The molecule has 1 fully saturated rings. The van der Waals surface area contributed by atoms with Crippen molar-refractivity contribution in [2.75, 3.05) is 40.3 Å². The van der Waals surface area contributed by atoms with Crippen LogP contribution in [0.4, 0.5) is 0 Å². The molecular formula is C16H30N4O. The molecule has 1 aliphatic rings. The number of nitrogens with one attached hydrogen (secondary N) is 1. The number of carbonyl (C=O) groups is 1. The van der Waals surface area contributed by atoms with Crippen LogP contribution in [0.1, 0.15) is 39.5 Å². The van der Waals surface area contributed by atoms with E-state index in [1.54, 1.807) is 0 Å². The summed E-state index contributed by atoms with van der Waals surface area (Å²) in [6.07, 6.45) is 2.99. The van der Waals surface area contributed by atoms with Crippen LogP contribution in [0.15, 0.2) is 0 Å².